The Labute approximate surface area is 200 Å². The summed E-state index contributed by atoms with van der Waals surface area (Å²) in [5.74, 6) is -3.32. The van der Waals surface area contributed by atoms with Crippen LogP contribution < -0.4 is 0 Å². The van der Waals surface area contributed by atoms with Gasteiger partial charge in [0, 0.05) is 12.3 Å². The average Bonchev–Trinajstić information content (AvgIpc) is 3.40. The van der Waals surface area contributed by atoms with E-state index in [1.807, 2.05) is 19.9 Å². The average molecular weight is 487 g/mol. The quantitative estimate of drug-likeness (QED) is 0.247. The lowest BCUT2D eigenvalue weighted by molar-refractivity contribution is -0.258. The van der Waals surface area contributed by atoms with Crippen LogP contribution in [0, 0.1) is 17.8 Å². The van der Waals surface area contributed by atoms with E-state index in [4.69, 9.17) is 13.9 Å². The Morgan fingerprint density at radius 3 is 2.39 bits per heavy atom. The minimum atomic E-state index is -2.34. The van der Waals surface area contributed by atoms with E-state index >= 15 is 0 Å². The first-order valence-corrected chi connectivity index (χ1v) is 15.1. The van der Waals surface area contributed by atoms with Gasteiger partial charge in [0.1, 0.15) is 11.4 Å². The van der Waals surface area contributed by atoms with Crippen LogP contribution in [0.15, 0.2) is 12.2 Å². The van der Waals surface area contributed by atoms with E-state index < -0.39 is 50.4 Å². The Kier molecular flexibility index (Phi) is 8.82. The molecule has 33 heavy (non-hydrogen) atoms. The lowest BCUT2D eigenvalue weighted by Crippen LogP contribution is -2.56. The van der Waals surface area contributed by atoms with Gasteiger partial charge in [-0.25, -0.2) is 0 Å². The fraction of sp³-hybridized carbons (Fsp3) is 0.880. The van der Waals surface area contributed by atoms with Crippen molar-refractivity contribution < 1.29 is 34.0 Å². The summed E-state index contributed by atoms with van der Waals surface area (Å²) >= 11 is 0. The van der Waals surface area contributed by atoms with E-state index in [2.05, 4.69) is 46.9 Å². The highest BCUT2D eigenvalue weighted by atomic mass is 28.4. The minimum Gasteiger partial charge on any atom is -0.410 e. The van der Waals surface area contributed by atoms with Crippen molar-refractivity contribution in [3.8, 4) is 0 Å². The second-order valence-corrected chi connectivity index (χ2v) is 16.3. The number of rotatable bonds is 10. The highest BCUT2D eigenvalue weighted by Gasteiger charge is 2.64. The Hall–Kier alpha value is -0.613. The summed E-state index contributed by atoms with van der Waals surface area (Å²) in [6.45, 7) is 17.9. The Balaban J connectivity index is 2.37. The van der Waals surface area contributed by atoms with E-state index in [0.717, 1.165) is 0 Å². The van der Waals surface area contributed by atoms with E-state index in [1.165, 1.54) is 0 Å². The number of Topliss-reactive ketones (excluding diaryl/α,β-unsaturated/α-hetero) is 1. The van der Waals surface area contributed by atoms with Gasteiger partial charge in [-0.05, 0) is 38.4 Å². The van der Waals surface area contributed by atoms with Crippen LogP contribution in [0.2, 0.25) is 18.1 Å². The number of hydrogen-bond acceptors (Lipinski definition) is 7. The van der Waals surface area contributed by atoms with Crippen LogP contribution in [-0.2, 0) is 18.7 Å². The molecule has 0 amide bonds. The summed E-state index contributed by atoms with van der Waals surface area (Å²) in [6.07, 6.45) is 2.48. The van der Waals surface area contributed by atoms with Gasteiger partial charge < -0.3 is 29.2 Å². The molecule has 8 heteroatoms. The van der Waals surface area contributed by atoms with Crippen molar-refractivity contribution in [2.45, 2.75) is 109 Å². The highest BCUT2D eigenvalue weighted by molar-refractivity contribution is 6.74. The maximum atomic E-state index is 13.7. The summed E-state index contributed by atoms with van der Waals surface area (Å²) < 4.78 is 18.5. The molecule has 2 rings (SSSR count). The first-order valence-electron chi connectivity index (χ1n) is 12.2. The maximum absolute atomic E-state index is 13.7. The van der Waals surface area contributed by atoms with Crippen LogP contribution in [0.1, 0.15) is 61.3 Å². The van der Waals surface area contributed by atoms with Crippen LogP contribution in [0.3, 0.4) is 0 Å². The predicted octanol–water partition coefficient (Wildman–Crippen LogP) is 3.42. The van der Waals surface area contributed by atoms with E-state index in [9.17, 15) is 20.1 Å². The first kappa shape index (κ1) is 28.6. The van der Waals surface area contributed by atoms with Crippen molar-refractivity contribution in [3.05, 3.63) is 12.2 Å². The molecule has 1 unspecified atom stereocenters. The van der Waals surface area contributed by atoms with Crippen molar-refractivity contribution in [1.82, 2.24) is 0 Å². The van der Waals surface area contributed by atoms with Crippen molar-refractivity contribution in [2.24, 2.45) is 17.8 Å². The Bertz CT molecular complexity index is 718. The number of aliphatic hydroxyl groups is 3. The fourth-order valence-corrected chi connectivity index (χ4v) is 5.99. The van der Waals surface area contributed by atoms with Gasteiger partial charge in [-0.2, -0.15) is 0 Å². The predicted molar refractivity (Wildman–Crippen MR) is 130 cm³/mol. The second kappa shape index (κ2) is 10.2. The van der Waals surface area contributed by atoms with E-state index in [-0.39, 0.29) is 35.9 Å². The number of carbonyl (C=O) groups excluding carboxylic acids is 1. The van der Waals surface area contributed by atoms with Gasteiger partial charge in [-0.3, -0.25) is 4.79 Å². The van der Waals surface area contributed by atoms with E-state index in [0.29, 0.717) is 6.42 Å². The molecule has 2 heterocycles. The van der Waals surface area contributed by atoms with Gasteiger partial charge in [0.05, 0.1) is 43.4 Å². The molecule has 192 valence electrons. The molecule has 2 aliphatic heterocycles. The molecule has 2 fully saturated rings. The smallest absolute Gasteiger partial charge is 0.192 e. The number of ketones is 1. The van der Waals surface area contributed by atoms with Gasteiger partial charge in [-0.1, -0.05) is 46.8 Å². The SMILES string of the molecule is C/C=C\[C@H](C)[C@H]1O[C@@]1(C)[C@@H](O[Si](C)(C)C(C)(C)C)[C@@H](CO)C(=O)[C@@H]1COC(O)(CC)C[C@H]1O. The van der Waals surface area contributed by atoms with E-state index in [1.54, 1.807) is 6.92 Å². The van der Waals surface area contributed by atoms with Crippen molar-refractivity contribution >= 4 is 14.1 Å². The molecular formula is C25H46O7Si. The first-order chi connectivity index (χ1) is 15.1. The third-order valence-electron chi connectivity index (χ3n) is 8.02. The van der Waals surface area contributed by atoms with Crippen molar-refractivity contribution in [2.75, 3.05) is 13.2 Å². The summed E-state index contributed by atoms with van der Waals surface area (Å²) in [5.41, 5.74) is -0.734. The Morgan fingerprint density at radius 2 is 1.94 bits per heavy atom. The zero-order valence-corrected chi connectivity index (χ0v) is 22.9. The molecule has 0 saturated carbocycles. The minimum absolute atomic E-state index is 0.0411. The molecule has 7 nitrogen and oxygen atoms in total. The van der Waals surface area contributed by atoms with Gasteiger partial charge in [0.25, 0.3) is 0 Å². The number of aliphatic hydroxyl groups excluding tert-OH is 2. The molecule has 0 aliphatic carbocycles. The molecule has 0 bridgehead atoms. The molecular weight excluding hydrogens is 440 g/mol. The normalized spacial score (nSPS) is 35.9. The van der Waals surface area contributed by atoms with Crippen LogP contribution in [-0.4, -0.2) is 72.3 Å². The molecule has 0 radical (unpaired) electrons. The van der Waals surface area contributed by atoms with Crippen LogP contribution in [0.4, 0.5) is 0 Å². The van der Waals surface area contributed by atoms with Crippen molar-refractivity contribution in [1.29, 1.82) is 0 Å². The highest BCUT2D eigenvalue weighted by Crippen LogP contribution is 2.51. The number of hydrogen-bond donors (Lipinski definition) is 3. The number of epoxide rings is 1. The van der Waals surface area contributed by atoms with Gasteiger partial charge >= 0.3 is 0 Å². The molecule has 0 spiro atoms. The third-order valence-corrected chi connectivity index (χ3v) is 12.5. The topological polar surface area (TPSA) is 109 Å². The summed E-state index contributed by atoms with van der Waals surface area (Å²) in [6, 6.07) is 0. The lowest BCUT2D eigenvalue weighted by Gasteiger charge is -2.44. The molecule has 2 aliphatic rings. The van der Waals surface area contributed by atoms with Gasteiger partial charge in [0.2, 0.25) is 0 Å². The number of carbonyl (C=O) groups is 1. The standard InChI is InChI=1S/C25H46O7Si/c1-10-12-16(3)21-24(7,31-21)22(32-33(8,9)23(4,5)6)17(14-26)20(28)18-15-30-25(29,11-2)13-19(18)27/h10,12,16-19,21-22,26-27,29H,11,13-15H2,1-9H3/b12-10-/t16-,17-,18+,19+,21+,22-,24+,25?/m0/s1. The van der Waals surface area contributed by atoms with Crippen LogP contribution in [0.25, 0.3) is 0 Å². The summed E-state index contributed by atoms with van der Waals surface area (Å²) in [7, 11) is -2.34. The van der Waals surface area contributed by atoms with Crippen molar-refractivity contribution in [3.63, 3.8) is 0 Å². The molecule has 0 aromatic heterocycles. The zero-order chi connectivity index (χ0) is 25.4. The largest absolute Gasteiger partial charge is 0.410 e. The van der Waals surface area contributed by atoms with Crippen LogP contribution in [0.5, 0.6) is 0 Å². The molecule has 2 saturated heterocycles. The third kappa shape index (κ3) is 5.97. The molecule has 8 atom stereocenters. The monoisotopic (exact) mass is 486 g/mol. The maximum Gasteiger partial charge on any atom is 0.192 e. The molecule has 0 aromatic carbocycles. The summed E-state index contributed by atoms with van der Waals surface area (Å²) in [5, 5.41) is 31.4. The van der Waals surface area contributed by atoms with Crippen LogP contribution >= 0.6 is 0 Å². The number of ether oxygens (including phenoxy) is 2. The number of allylic oxidation sites excluding steroid dienone is 1. The van der Waals surface area contributed by atoms with Gasteiger partial charge in [0.15, 0.2) is 14.1 Å². The lowest BCUT2D eigenvalue weighted by atomic mass is 9.78. The fourth-order valence-electron chi connectivity index (χ4n) is 4.61. The summed E-state index contributed by atoms with van der Waals surface area (Å²) in [4.78, 5) is 13.7. The zero-order valence-electron chi connectivity index (χ0n) is 21.9. The second-order valence-electron chi connectivity index (χ2n) is 11.6. The Morgan fingerprint density at radius 1 is 1.33 bits per heavy atom. The molecule has 3 N–H and O–H groups in total. The van der Waals surface area contributed by atoms with Gasteiger partial charge in [-0.15, -0.1) is 0 Å². The molecule has 0 aromatic rings.